The standard InChI is InChI=1S/C21H24F2N6O/c1-21(22,23)13-29-7-5-14(6-8-29)20(30)26-19-10-17-9-15(3-4-16(17)11-24-19)18-12-25-27-28(18)2/h3-4,9-12,14H,5-8,13H2,1-2H3,(H,24,26,30). The largest absolute Gasteiger partial charge is 0.310 e. The van der Waals surface area contributed by atoms with Crippen molar-refractivity contribution in [3.63, 3.8) is 0 Å². The number of hydrogen-bond acceptors (Lipinski definition) is 5. The van der Waals surface area contributed by atoms with Crippen LogP contribution in [0.15, 0.2) is 36.7 Å². The first-order chi connectivity index (χ1) is 14.3. The number of aryl methyl sites for hydroxylation is 1. The molecular weight excluding hydrogens is 390 g/mol. The van der Waals surface area contributed by atoms with E-state index < -0.39 is 5.92 Å². The molecule has 1 aliphatic heterocycles. The average molecular weight is 414 g/mol. The van der Waals surface area contributed by atoms with E-state index in [0.717, 1.165) is 29.0 Å². The molecule has 0 saturated carbocycles. The van der Waals surface area contributed by atoms with Crippen molar-refractivity contribution in [2.75, 3.05) is 25.0 Å². The third-order valence-electron chi connectivity index (χ3n) is 5.44. The van der Waals surface area contributed by atoms with Crippen LogP contribution in [0.2, 0.25) is 0 Å². The smallest absolute Gasteiger partial charge is 0.257 e. The summed E-state index contributed by atoms with van der Waals surface area (Å²) in [7, 11) is 1.83. The van der Waals surface area contributed by atoms with Crippen LogP contribution >= 0.6 is 0 Å². The highest BCUT2D eigenvalue weighted by Crippen LogP contribution is 2.26. The summed E-state index contributed by atoms with van der Waals surface area (Å²) in [6.45, 7) is 1.65. The van der Waals surface area contributed by atoms with E-state index in [1.807, 2.05) is 31.3 Å². The molecule has 4 rings (SSSR count). The van der Waals surface area contributed by atoms with Gasteiger partial charge in [-0.3, -0.25) is 9.69 Å². The van der Waals surface area contributed by atoms with E-state index in [1.54, 1.807) is 22.0 Å². The Morgan fingerprint density at radius 1 is 1.20 bits per heavy atom. The summed E-state index contributed by atoms with van der Waals surface area (Å²) in [6, 6.07) is 7.80. The molecule has 158 valence electrons. The molecule has 7 nitrogen and oxygen atoms in total. The lowest BCUT2D eigenvalue weighted by atomic mass is 9.95. The average Bonchev–Trinajstić information content (AvgIpc) is 3.12. The van der Waals surface area contributed by atoms with Gasteiger partial charge in [0.25, 0.3) is 5.92 Å². The van der Waals surface area contributed by atoms with Gasteiger partial charge in [0.05, 0.1) is 18.4 Å². The third kappa shape index (κ3) is 4.62. The summed E-state index contributed by atoms with van der Waals surface area (Å²) in [4.78, 5) is 18.7. The summed E-state index contributed by atoms with van der Waals surface area (Å²) in [5.41, 5.74) is 1.86. The number of alkyl halides is 2. The van der Waals surface area contributed by atoms with Crippen molar-refractivity contribution < 1.29 is 13.6 Å². The molecule has 1 fully saturated rings. The maximum atomic E-state index is 13.2. The highest BCUT2D eigenvalue weighted by atomic mass is 19.3. The first-order valence-electron chi connectivity index (χ1n) is 9.94. The van der Waals surface area contributed by atoms with Crippen molar-refractivity contribution in [1.82, 2.24) is 24.9 Å². The lowest BCUT2D eigenvalue weighted by Gasteiger charge is -2.32. The fourth-order valence-corrected chi connectivity index (χ4v) is 3.89. The molecular formula is C21H24F2N6O. The number of likely N-dealkylation sites (tertiary alicyclic amines) is 1. The molecule has 0 radical (unpaired) electrons. The van der Waals surface area contributed by atoms with Crippen molar-refractivity contribution in [1.29, 1.82) is 0 Å². The van der Waals surface area contributed by atoms with Gasteiger partial charge in [0.1, 0.15) is 5.82 Å². The second-order valence-electron chi connectivity index (χ2n) is 7.98. The maximum Gasteiger partial charge on any atom is 0.257 e. The van der Waals surface area contributed by atoms with Gasteiger partial charge in [-0.25, -0.2) is 18.4 Å². The van der Waals surface area contributed by atoms with Crippen LogP contribution in [0.3, 0.4) is 0 Å². The molecule has 1 aromatic carbocycles. The summed E-state index contributed by atoms with van der Waals surface area (Å²) < 4.78 is 28.1. The van der Waals surface area contributed by atoms with Gasteiger partial charge in [-0.05, 0) is 43.5 Å². The number of pyridine rings is 1. The number of halogens is 2. The normalized spacial score (nSPS) is 16.1. The summed E-state index contributed by atoms with van der Waals surface area (Å²) in [5.74, 6) is -2.54. The van der Waals surface area contributed by atoms with Gasteiger partial charge in [-0.1, -0.05) is 17.3 Å². The minimum absolute atomic E-state index is 0.114. The molecule has 0 atom stereocenters. The van der Waals surface area contributed by atoms with E-state index in [1.165, 1.54) is 0 Å². The van der Waals surface area contributed by atoms with Crippen LogP contribution in [0.5, 0.6) is 0 Å². The van der Waals surface area contributed by atoms with Crippen molar-refractivity contribution in [2.24, 2.45) is 13.0 Å². The fraction of sp³-hybridized carbons (Fsp3) is 0.429. The fourth-order valence-electron chi connectivity index (χ4n) is 3.89. The molecule has 2 aromatic heterocycles. The van der Waals surface area contributed by atoms with E-state index >= 15 is 0 Å². The number of fused-ring (bicyclic) bond motifs is 1. The molecule has 1 N–H and O–H groups in total. The van der Waals surface area contributed by atoms with Gasteiger partial charge in [-0.15, -0.1) is 5.10 Å². The molecule has 3 heterocycles. The lowest BCUT2D eigenvalue weighted by molar-refractivity contribution is -0.121. The van der Waals surface area contributed by atoms with E-state index in [0.29, 0.717) is 31.7 Å². The van der Waals surface area contributed by atoms with Crippen LogP contribution in [0.1, 0.15) is 19.8 Å². The molecule has 0 spiro atoms. The van der Waals surface area contributed by atoms with Gasteiger partial charge in [-0.2, -0.15) is 0 Å². The van der Waals surface area contributed by atoms with Gasteiger partial charge in [0.2, 0.25) is 5.91 Å². The number of carbonyl (C=O) groups is 1. The number of piperidine rings is 1. The molecule has 0 bridgehead atoms. The molecule has 0 aliphatic carbocycles. The number of carbonyl (C=O) groups excluding carboxylic acids is 1. The molecule has 1 amide bonds. The lowest BCUT2D eigenvalue weighted by Crippen LogP contribution is -2.42. The van der Waals surface area contributed by atoms with Crippen LogP contribution in [-0.2, 0) is 11.8 Å². The van der Waals surface area contributed by atoms with E-state index in [-0.39, 0.29) is 18.4 Å². The number of nitrogens with one attached hydrogen (secondary N) is 1. The Morgan fingerprint density at radius 2 is 1.97 bits per heavy atom. The van der Waals surface area contributed by atoms with Gasteiger partial charge in [0.15, 0.2) is 0 Å². The van der Waals surface area contributed by atoms with E-state index in [4.69, 9.17) is 0 Å². The second-order valence-corrected chi connectivity index (χ2v) is 7.98. The number of anilines is 1. The van der Waals surface area contributed by atoms with Crippen LogP contribution < -0.4 is 5.32 Å². The Kier molecular flexibility index (Phi) is 5.46. The van der Waals surface area contributed by atoms with Crippen molar-refractivity contribution in [3.05, 3.63) is 36.7 Å². The molecule has 3 aromatic rings. The monoisotopic (exact) mass is 414 g/mol. The number of amides is 1. The zero-order valence-corrected chi connectivity index (χ0v) is 17.0. The topological polar surface area (TPSA) is 75.9 Å². The second kappa shape index (κ2) is 8.06. The van der Waals surface area contributed by atoms with E-state index in [9.17, 15) is 13.6 Å². The maximum absolute atomic E-state index is 13.2. The van der Waals surface area contributed by atoms with Gasteiger partial charge < -0.3 is 5.32 Å². The molecule has 1 aliphatic rings. The predicted molar refractivity (Wildman–Crippen MR) is 110 cm³/mol. The van der Waals surface area contributed by atoms with Crippen LogP contribution in [0.4, 0.5) is 14.6 Å². The molecule has 9 heteroatoms. The summed E-state index contributed by atoms with van der Waals surface area (Å²) in [6.07, 6.45) is 4.55. The van der Waals surface area contributed by atoms with Crippen molar-refractivity contribution in [3.8, 4) is 11.3 Å². The predicted octanol–water partition coefficient (Wildman–Crippen LogP) is 3.34. The minimum Gasteiger partial charge on any atom is -0.310 e. The van der Waals surface area contributed by atoms with Crippen LogP contribution in [-0.4, -0.2) is 56.3 Å². The van der Waals surface area contributed by atoms with Gasteiger partial charge in [0, 0.05) is 37.0 Å². The number of hydrogen-bond donors (Lipinski definition) is 1. The summed E-state index contributed by atoms with van der Waals surface area (Å²) in [5, 5.41) is 12.7. The Balaban J connectivity index is 1.43. The highest BCUT2D eigenvalue weighted by molar-refractivity contribution is 5.95. The Labute approximate surface area is 173 Å². The van der Waals surface area contributed by atoms with E-state index in [2.05, 4.69) is 20.6 Å². The molecule has 0 unspecified atom stereocenters. The highest BCUT2D eigenvalue weighted by Gasteiger charge is 2.30. The number of rotatable bonds is 5. The summed E-state index contributed by atoms with van der Waals surface area (Å²) >= 11 is 0. The zero-order chi connectivity index (χ0) is 21.3. The first-order valence-corrected chi connectivity index (χ1v) is 9.94. The number of nitrogens with zero attached hydrogens (tertiary/aromatic N) is 5. The first kappa shape index (κ1) is 20.3. The van der Waals surface area contributed by atoms with Gasteiger partial charge >= 0.3 is 0 Å². The van der Waals surface area contributed by atoms with Crippen LogP contribution in [0, 0.1) is 5.92 Å². The third-order valence-corrected chi connectivity index (χ3v) is 5.44. The van der Waals surface area contributed by atoms with Crippen molar-refractivity contribution >= 4 is 22.5 Å². The Bertz CT molecular complexity index is 1050. The van der Waals surface area contributed by atoms with Crippen LogP contribution in [0.25, 0.3) is 22.0 Å². The Hall–Kier alpha value is -2.94. The SMILES string of the molecule is Cn1nncc1-c1ccc2cnc(NC(=O)C3CCN(CC(C)(F)F)CC3)cc2c1. The minimum atomic E-state index is -2.71. The zero-order valence-electron chi connectivity index (χ0n) is 17.0. The number of aromatic nitrogens is 4. The Morgan fingerprint density at radius 3 is 2.63 bits per heavy atom. The molecule has 30 heavy (non-hydrogen) atoms. The number of benzene rings is 1. The molecule has 1 saturated heterocycles. The van der Waals surface area contributed by atoms with Crippen molar-refractivity contribution in [2.45, 2.75) is 25.7 Å². The quantitative estimate of drug-likeness (QED) is 0.693.